The highest BCUT2D eigenvalue weighted by molar-refractivity contribution is 5.78. The Balaban J connectivity index is 1.50. The summed E-state index contributed by atoms with van der Waals surface area (Å²) >= 11 is 0. The maximum Gasteiger partial charge on any atom is 0.312 e. The molecule has 5 aliphatic carbocycles. The maximum atomic E-state index is 13.9. The van der Waals surface area contributed by atoms with Crippen LogP contribution in [0.2, 0.25) is 0 Å². The van der Waals surface area contributed by atoms with Crippen LogP contribution in [0.5, 0.6) is 0 Å². The molecule has 5 heteroatoms. The topological polar surface area (TPSA) is 87.0 Å². The fraction of sp³-hybridized carbons (Fsp3) is 0.853. The molecule has 5 saturated carbocycles. The standard InChI is InChI=1S/C34H54O5/c1-22(2)23-11-16-34(29(38)39-20-8-7-19-35)18-17-32(5)24(28(23)34)9-10-26-30(3)14-13-27(37)31(4,21-36)25(30)12-15-33(26,32)6/h7-8,23-28,35-37H,1,9-21H2,2-6H3/b8-7+/t23-,24?,25?,26?,27-,28?,30-,31-,32+,33+,34-/m0/s1. The first-order chi connectivity index (χ1) is 18.4. The summed E-state index contributed by atoms with van der Waals surface area (Å²) in [7, 11) is 0. The van der Waals surface area contributed by atoms with Crippen LogP contribution in [-0.2, 0) is 9.53 Å². The van der Waals surface area contributed by atoms with Crippen LogP contribution in [0.4, 0.5) is 0 Å². The lowest BCUT2D eigenvalue weighted by Crippen LogP contribution is -2.67. The zero-order valence-corrected chi connectivity index (χ0v) is 25.2. The molecule has 5 nitrogen and oxygen atoms in total. The molecular formula is C34H54O5. The highest BCUT2D eigenvalue weighted by atomic mass is 16.5. The Hall–Kier alpha value is -1.17. The van der Waals surface area contributed by atoms with Gasteiger partial charge < -0.3 is 20.1 Å². The van der Waals surface area contributed by atoms with E-state index in [-0.39, 0.29) is 48.0 Å². The summed E-state index contributed by atoms with van der Waals surface area (Å²) in [4.78, 5) is 13.9. The summed E-state index contributed by atoms with van der Waals surface area (Å²) < 4.78 is 5.88. The largest absolute Gasteiger partial charge is 0.461 e. The lowest BCUT2D eigenvalue weighted by atomic mass is 9.32. The molecule has 0 spiro atoms. The molecule has 0 heterocycles. The average Bonchev–Trinajstić information content (AvgIpc) is 3.31. The van der Waals surface area contributed by atoms with Crippen molar-refractivity contribution in [2.75, 3.05) is 19.8 Å². The molecule has 0 amide bonds. The summed E-state index contributed by atoms with van der Waals surface area (Å²) in [5.74, 6) is 1.92. The highest BCUT2D eigenvalue weighted by Crippen LogP contribution is 2.77. The van der Waals surface area contributed by atoms with Gasteiger partial charge in [0.1, 0.15) is 6.61 Å². The molecule has 0 saturated heterocycles. The van der Waals surface area contributed by atoms with E-state index in [1.54, 1.807) is 12.2 Å². The van der Waals surface area contributed by atoms with Crippen molar-refractivity contribution in [2.24, 2.45) is 56.7 Å². The molecule has 0 aromatic rings. The van der Waals surface area contributed by atoms with Gasteiger partial charge in [-0.2, -0.15) is 0 Å². The number of esters is 1. The number of carbonyl (C=O) groups excluding carboxylic acids is 1. The molecule has 5 rings (SSSR count). The van der Waals surface area contributed by atoms with Gasteiger partial charge in [0.2, 0.25) is 0 Å². The minimum Gasteiger partial charge on any atom is -0.461 e. The minimum atomic E-state index is -0.435. The monoisotopic (exact) mass is 542 g/mol. The van der Waals surface area contributed by atoms with Crippen LogP contribution < -0.4 is 0 Å². The van der Waals surface area contributed by atoms with Crippen molar-refractivity contribution in [3.63, 3.8) is 0 Å². The third-order valence-electron chi connectivity index (χ3n) is 14.2. The molecule has 0 bridgehead atoms. The van der Waals surface area contributed by atoms with Gasteiger partial charge in [0.05, 0.1) is 24.7 Å². The number of rotatable bonds is 6. The second-order valence-electron chi connectivity index (χ2n) is 15.3. The first-order valence-corrected chi connectivity index (χ1v) is 15.7. The second-order valence-corrected chi connectivity index (χ2v) is 15.3. The number of aliphatic hydroxyl groups is 3. The van der Waals surface area contributed by atoms with E-state index in [2.05, 4.69) is 41.2 Å². The van der Waals surface area contributed by atoms with Crippen LogP contribution in [-0.4, -0.2) is 47.2 Å². The number of ether oxygens (including phenoxy) is 1. The van der Waals surface area contributed by atoms with E-state index in [9.17, 15) is 15.0 Å². The van der Waals surface area contributed by atoms with E-state index >= 15 is 0 Å². The normalized spacial score (nSPS) is 51.0. The van der Waals surface area contributed by atoms with Crippen LogP contribution in [0, 0.1) is 56.7 Å². The minimum absolute atomic E-state index is 0.0381. The van der Waals surface area contributed by atoms with Crippen molar-refractivity contribution in [1.82, 2.24) is 0 Å². The number of hydrogen-bond donors (Lipinski definition) is 3. The van der Waals surface area contributed by atoms with Gasteiger partial charge >= 0.3 is 5.97 Å². The second kappa shape index (κ2) is 9.98. The molecule has 11 atom stereocenters. The lowest BCUT2D eigenvalue weighted by Gasteiger charge is -2.72. The molecular weight excluding hydrogens is 488 g/mol. The molecule has 220 valence electrons. The Bertz CT molecular complexity index is 1010. The molecule has 0 aromatic heterocycles. The summed E-state index contributed by atoms with van der Waals surface area (Å²) in [6.07, 6.45) is 13.1. The molecule has 39 heavy (non-hydrogen) atoms. The van der Waals surface area contributed by atoms with E-state index in [0.29, 0.717) is 23.7 Å². The molecule has 4 unspecified atom stereocenters. The van der Waals surface area contributed by atoms with Gasteiger partial charge in [-0.25, -0.2) is 0 Å². The fourth-order valence-electron chi connectivity index (χ4n) is 11.9. The summed E-state index contributed by atoms with van der Waals surface area (Å²) in [5.41, 5.74) is 0.727. The van der Waals surface area contributed by atoms with Crippen molar-refractivity contribution in [3.8, 4) is 0 Å². The summed E-state index contributed by atoms with van der Waals surface area (Å²) in [5, 5.41) is 30.6. The molecule has 0 radical (unpaired) electrons. The number of fused-ring (bicyclic) bond motifs is 7. The van der Waals surface area contributed by atoms with Gasteiger partial charge in [0, 0.05) is 5.41 Å². The number of carbonyl (C=O) groups is 1. The maximum absolute atomic E-state index is 13.9. The van der Waals surface area contributed by atoms with Gasteiger partial charge in [0.15, 0.2) is 0 Å². The average molecular weight is 543 g/mol. The first kappa shape index (κ1) is 29.3. The Morgan fingerprint density at radius 1 is 0.897 bits per heavy atom. The number of hydrogen-bond acceptors (Lipinski definition) is 5. The van der Waals surface area contributed by atoms with Crippen LogP contribution in [0.15, 0.2) is 24.3 Å². The Morgan fingerprint density at radius 3 is 2.31 bits per heavy atom. The molecule has 5 aliphatic rings. The molecule has 3 N–H and O–H groups in total. The molecule has 5 fully saturated rings. The Labute approximate surface area is 236 Å². The lowest BCUT2D eigenvalue weighted by molar-refractivity contribution is -0.254. The van der Waals surface area contributed by atoms with Crippen molar-refractivity contribution in [3.05, 3.63) is 24.3 Å². The predicted octanol–water partition coefficient (Wildman–Crippen LogP) is 6.07. The van der Waals surface area contributed by atoms with Crippen molar-refractivity contribution in [2.45, 2.75) is 105 Å². The van der Waals surface area contributed by atoms with Gasteiger partial charge in [-0.15, -0.1) is 0 Å². The molecule has 0 aromatic carbocycles. The van der Waals surface area contributed by atoms with E-state index < -0.39 is 16.9 Å². The zero-order valence-electron chi connectivity index (χ0n) is 25.2. The van der Waals surface area contributed by atoms with E-state index in [1.165, 1.54) is 5.57 Å². The quantitative estimate of drug-likeness (QED) is 0.280. The van der Waals surface area contributed by atoms with Crippen LogP contribution >= 0.6 is 0 Å². The third kappa shape index (κ3) is 3.91. The Kier molecular flexibility index (Phi) is 7.50. The Morgan fingerprint density at radius 2 is 1.64 bits per heavy atom. The molecule has 0 aliphatic heterocycles. The smallest absolute Gasteiger partial charge is 0.312 e. The predicted molar refractivity (Wildman–Crippen MR) is 154 cm³/mol. The van der Waals surface area contributed by atoms with Gasteiger partial charge in [-0.1, -0.05) is 45.9 Å². The summed E-state index contributed by atoms with van der Waals surface area (Å²) in [6, 6.07) is 0. The van der Waals surface area contributed by atoms with Crippen LogP contribution in [0.3, 0.4) is 0 Å². The van der Waals surface area contributed by atoms with E-state index in [4.69, 9.17) is 9.84 Å². The first-order valence-electron chi connectivity index (χ1n) is 15.7. The van der Waals surface area contributed by atoms with E-state index in [1.807, 2.05) is 0 Å². The van der Waals surface area contributed by atoms with E-state index in [0.717, 1.165) is 64.2 Å². The van der Waals surface area contributed by atoms with Crippen molar-refractivity contribution >= 4 is 5.97 Å². The number of allylic oxidation sites excluding steroid dienone is 1. The SMILES string of the molecule is C=C(C)[C@@H]1CC[C@]2(C(=O)OC/C=C/CO)CC[C@]3(C)C(CCC4[C@@]5(C)CC[C@H](O)[C@@](C)(CO)C5CC[C@]43C)C12. The van der Waals surface area contributed by atoms with Gasteiger partial charge in [-0.05, 0) is 123 Å². The van der Waals surface area contributed by atoms with Crippen molar-refractivity contribution in [1.29, 1.82) is 0 Å². The van der Waals surface area contributed by atoms with Gasteiger partial charge in [0.25, 0.3) is 0 Å². The fourth-order valence-corrected chi connectivity index (χ4v) is 11.9. The van der Waals surface area contributed by atoms with Crippen LogP contribution in [0.25, 0.3) is 0 Å². The van der Waals surface area contributed by atoms with Gasteiger partial charge in [-0.3, -0.25) is 4.79 Å². The van der Waals surface area contributed by atoms with Crippen LogP contribution in [0.1, 0.15) is 98.8 Å². The van der Waals surface area contributed by atoms with Crippen molar-refractivity contribution < 1.29 is 24.9 Å². The third-order valence-corrected chi connectivity index (χ3v) is 14.2. The zero-order chi connectivity index (χ0) is 28.4. The highest BCUT2D eigenvalue weighted by Gasteiger charge is 2.72. The number of aliphatic hydroxyl groups excluding tert-OH is 3. The summed E-state index contributed by atoms with van der Waals surface area (Å²) in [6.45, 7) is 16.6.